The number of rotatable bonds is 7. The number of nitrogens with one attached hydrogen (secondary N) is 1. The lowest BCUT2D eigenvalue weighted by atomic mass is 10.2. The van der Waals surface area contributed by atoms with Gasteiger partial charge in [-0.3, -0.25) is 0 Å². The molecule has 2 nitrogen and oxygen atoms in total. The molecule has 106 valence electrons. The predicted octanol–water partition coefficient (Wildman–Crippen LogP) is 4.28. The Kier molecular flexibility index (Phi) is 4.61. The van der Waals surface area contributed by atoms with E-state index >= 15 is 0 Å². The van der Waals surface area contributed by atoms with Crippen LogP contribution in [0.15, 0.2) is 35.0 Å². The van der Waals surface area contributed by atoms with Gasteiger partial charge in [0.05, 0.1) is 11.6 Å². The van der Waals surface area contributed by atoms with E-state index in [2.05, 4.69) is 28.2 Å². The van der Waals surface area contributed by atoms with E-state index in [1.165, 1.54) is 24.0 Å². The Morgan fingerprint density at radius 2 is 2.15 bits per heavy atom. The van der Waals surface area contributed by atoms with Gasteiger partial charge in [-0.15, -0.1) is 0 Å². The molecule has 20 heavy (non-hydrogen) atoms. The van der Waals surface area contributed by atoms with E-state index in [0.717, 1.165) is 24.8 Å². The number of benzene rings is 1. The quantitative estimate of drug-likeness (QED) is 0.824. The van der Waals surface area contributed by atoms with Gasteiger partial charge in [-0.25, -0.2) is 0 Å². The van der Waals surface area contributed by atoms with Crippen LogP contribution in [0.1, 0.15) is 24.0 Å². The van der Waals surface area contributed by atoms with Crippen LogP contribution in [0.2, 0.25) is 5.02 Å². The van der Waals surface area contributed by atoms with Gasteiger partial charge < -0.3 is 10.1 Å². The molecule has 3 rings (SSSR count). The lowest BCUT2D eigenvalue weighted by Gasteiger charge is -2.09. The van der Waals surface area contributed by atoms with Gasteiger partial charge in [-0.1, -0.05) is 17.7 Å². The molecule has 0 spiro atoms. The van der Waals surface area contributed by atoms with E-state index in [0.29, 0.717) is 11.6 Å². The highest BCUT2D eigenvalue weighted by atomic mass is 35.5. The molecule has 0 radical (unpaired) electrons. The first-order chi connectivity index (χ1) is 9.81. The minimum atomic E-state index is 0.663. The Morgan fingerprint density at radius 1 is 1.25 bits per heavy atom. The van der Waals surface area contributed by atoms with Crippen molar-refractivity contribution in [3.8, 4) is 5.75 Å². The zero-order valence-corrected chi connectivity index (χ0v) is 12.8. The number of thiophene rings is 1. The highest BCUT2D eigenvalue weighted by molar-refractivity contribution is 7.07. The molecule has 0 atom stereocenters. The third-order valence-corrected chi connectivity index (χ3v) is 4.42. The Balaban J connectivity index is 1.50. The molecule has 1 aromatic carbocycles. The van der Waals surface area contributed by atoms with Crippen LogP contribution < -0.4 is 10.1 Å². The molecule has 0 aliphatic heterocycles. The molecule has 0 saturated heterocycles. The van der Waals surface area contributed by atoms with Crippen LogP contribution in [0.5, 0.6) is 5.75 Å². The normalized spacial score (nSPS) is 14.4. The molecular formula is C16H18ClNOS. The number of hydrogen-bond donors (Lipinski definition) is 1. The van der Waals surface area contributed by atoms with Crippen molar-refractivity contribution in [3.63, 3.8) is 0 Å². The first-order valence-electron chi connectivity index (χ1n) is 6.97. The van der Waals surface area contributed by atoms with Crippen LogP contribution in [0.3, 0.4) is 0 Å². The second kappa shape index (κ2) is 6.61. The minimum absolute atomic E-state index is 0.663. The first kappa shape index (κ1) is 13.9. The third kappa shape index (κ3) is 3.98. The zero-order chi connectivity index (χ0) is 13.8. The molecule has 1 saturated carbocycles. The summed E-state index contributed by atoms with van der Waals surface area (Å²) in [4.78, 5) is 0. The maximum atomic E-state index is 6.27. The Labute approximate surface area is 128 Å². The van der Waals surface area contributed by atoms with Crippen molar-refractivity contribution in [1.29, 1.82) is 0 Å². The number of halogens is 1. The SMILES string of the molecule is Clc1cc(CNC2CC2)ccc1OCCc1ccsc1. The molecule has 1 aliphatic carbocycles. The minimum Gasteiger partial charge on any atom is -0.492 e. The fourth-order valence-corrected chi connectivity index (χ4v) is 3.00. The van der Waals surface area contributed by atoms with Crippen LogP contribution in [0.25, 0.3) is 0 Å². The number of hydrogen-bond acceptors (Lipinski definition) is 3. The summed E-state index contributed by atoms with van der Waals surface area (Å²) in [5, 5.41) is 8.42. The molecule has 2 aromatic rings. The Bertz CT molecular complexity index is 552. The summed E-state index contributed by atoms with van der Waals surface area (Å²) in [5.41, 5.74) is 2.53. The standard InChI is InChI=1S/C16H18ClNOS/c17-15-9-13(10-18-14-2-3-14)1-4-16(15)19-7-5-12-6-8-20-11-12/h1,4,6,8-9,11,14,18H,2-3,5,7,10H2. The van der Waals surface area contributed by atoms with Gasteiger partial charge >= 0.3 is 0 Å². The van der Waals surface area contributed by atoms with Gasteiger partial charge in [0.25, 0.3) is 0 Å². The maximum absolute atomic E-state index is 6.27. The van der Waals surface area contributed by atoms with Crippen LogP contribution in [0.4, 0.5) is 0 Å². The number of ether oxygens (including phenoxy) is 1. The van der Waals surface area contributed by atoms with E-state index in [-0.39, 0.29) is 0 Å². The molecule has 1 fully saturated rings. The third-order valence-electron chi connectivity index (χ3n) is 3.40. The lowest BCUT2D eigenvalue weighted by molar-refractivity contribution is 0.322. The molecular weight excluding hydrogens is 290 g/mol. The smallest absolute Gasteiger partial charge is 0.137 e. The fraction of sp³-hybridized carbons (Fsp3) is 0.375. The Hall–Kier alpha value is -1.03. The Morgan fingerprint density at radius 3 is 2.85 bits per heavy atom. The topological polar surface area (TPSA) is 21.3 Å². The van der Waals surface area contributed by atoms with Crippen molar-refractivity contribution < 1.29 is 4.74 Å². The first-order valence-corrected chi connectivity index (χ1v) is 8.29. The van der Waals surface area contributed by atoms with Crippen molar-refractivity contribution in [3.05, 3.63) is 51.2 Å². The molecule has 1 aliphatic rings. The van der Waals surface area contributed by atoms with Gasteiger partial charge in [0.15, 0.2) is 0 Å². The summed E-state index contributed by atoms with van der Waals surface area (Å²) in [7, 11) is 0. The average Bonchev–Trinajstić information content (AvgIpc) is 3.14. The highest BCUT2D eigenvalue weighted by Gasteiger charge is 2.20. The fourth-order valence-electron chi connectivity index (χ4n) is 2.03. The van der Waals surface area contributed by atoms with Crippen LogP contribution in [0, 0.1) is 0 Å². The van der Waals surface area contributed by atoms with E-state index in [1.807, 2.05) is 12.1 Å². The van der Waals surface area contributed by atoms with E-state index in [1.54, 1.807) is 11.3 Å². The summed E-state index contributed by atoms with van der Waals surface area (Å²) in [5.74, 6) is 0.775. The molecule has 1 aromatic heterocycles. The van der Waals surface area contributed by atoms with E-state index in [4.69, 9.17) is 16.3 Å². The van der Waals surface area contributed by atoms with Crippen molar-refractivity contribution in [2.75, 3.05) is 6.61 Å². The molecule has 1 heterocycles. The molecule has 1 N–H and O–H groups in total. The highest BCUT2D eigenvalue weighted by Crippen LogP contribution is 2.26. The summed E-state index contributed by atoms with van der Waals surface area (Å²) in [6.45, 7) is 1.55. The largest absolute Gasteiger partial charge is 0.492 e. The molecule has 0 bridgehead atoms. The van der Waals surface area contributed by atoms with Crippen LogP contribution in [-0.2, 0) is 13.0 Å². The lowest BCUT2D eigenvalue weighted by Crippen LogP contribution is -2.15. The summed E-state index contributed by atoms with van der Waals surface area (Å²) >= 11 is 7.99. The van der Waals surface area contributed by atoms with Gasteiger partial charge in [0.2, 0.25) is 0 Å². The monoisotopic (exact) mass is 307 g/mol. The predicted molar refractivity (Wildman–Crippen MR) is 84.8 cm³/mol. The second-order valence-corrected chi connectivity index (χ2v) is 6.34. The van der Waals surface area contributed by atoms with E-state index in [9.17, 15) is 0 Å². The van der Waals surface area contributed by atoms with Crippen molar-refractivity contribution >= 4 is 22.9 Å². The summed E-state index contributed by atoms with van der Waals surface area (Å²) in [6, 6.07) is 8.90. The van der Waals surface area contributed by atoms with Gasteiger partial charge in [0, 0.05) is 19.0 Å². The summed E-state index contributed by atoms with van der Waals surface area (Å²) in [6.07, 6.45) is 3.53. The zero-order valence-electron chi connectivity index (χ0n) is 11.3. The van der Waals surface area contributed by atoms with Crippen molar-refractivity contribution in [1.82, 2.24) is 5.32 Å². The van der Waals surface area contributed by atoms with Gasteiger partial charge in [-0.05, 0) is 52.9 Å². The van der Waals surface area contributed by atoms with E-state index < -0.39 is 0 Å². The van der Waals surface area contributed by atoms with Crippen molar-refractivity contribution in [2.24, 2.45) is 0 Å². The average molecular weight is 308 g/mol. The van der Waals surface area contributed by atoms with Crippen molar-refractivity contribution in [2.45, 2.75) is 31.8 Å². The molecule has 0 amide bonds. The van der Waals surface area contributed by atoms with Crippen LogP contribution >= 0.6 is 22.9 Å². The molecule has 4 heteroatoms. The maximum Gasteiger partial charge on any atom is 0.137 e. The van der Waals surface area contributed by atoms with Crippen LogP contribution in [-0.4, -0.2) is 12.6 Å². The van der Waals surface area contributed by atoms with Gasteiger partial charge in [-0.2, -0.15) is 11.3 Å². The summed E-state index contributed by atoms with van der Waals surface area (Å²) < 4.78 is 5.76. The molecule has 0 unspecified atom stereocenters. The van der Waals surface area contributed by atoms with Gasteiger partial charge in [0.1, 0.15) is 5.75 Å². The second-order valence-electron chi connectivity index (χ2n) is 5.15.